The lowest BCUT2D eigenvalue weighted by molar-refractivity contribution is -0.170. The van der Waals surface area contributed by atoms with E-state index in [2.05, 4.69) is 58.5 Å². The molecule has 1 aromatic carbocycles. The quantitative estimate of drug-likeness (QED) is 0.301. The number of aliphatic carboxylic acids is 3. The number of benzene rings is 1. The molecule has 37 heavy (non-hydrogen) atoms. The van der Waals surface area contributed by atoms with Gasteiger partial charge in [0, 0.05) is 37.6 Å². The first-order chi connectivity index (χ1) is 17.6. The highest BCUT2D eigenvalue weighted by molar-refractivity contribution is 7.10. The number of rotatable bonds is 13. The van der Waals surface area contributed by atoms with E-state index < -0.39 is 36.4 Å². The second-order valence-electron chi connectivity index (χ2n) is 9.01. The summed E-state index contributed by atoms with van der Waals surface area (Å²) >= 11 is 1.88. The molecule has 10 nitrogen and oxygen atoms in total. The van der Waals surface area contributed by atoms with Crippen molar-refractivity contribution in [2.45, 2.75) is 44.9 Å². The Kier molecular flexibility index (Phi) is 12.7. The minimum atomic E-state index is -2.74. The molecule has 0 unspecified atom stereocenters. The summed E-state index contributed by atoms with van der Waals surface area (Å²) in [5, 5.41) is 36.0. The van der Waals surface area contributed by atoms with Crippen molar-refractivity contribution in [2.75, 3.05) is 39.4 Å². The van der Waals surface area contributed by atoms with Gasteiger partial charge in [-0.15, -0.1) is 11.3 Å². The molecule has 4 N–H and O–H groups in total. The lowest BCUT2D eigenvalue weighted by atomic mass is 9.96. The van der Waals surface area contributed by atoms with Crippen LogP contribution in [0, 0.1) is 6.92 Å². The number of hydrogen-bond acceptors (Lipinski definition) is 8. The van der Waals surface area contributed by atoms with Crippen LogP contribution in [0.25, 0.3) is 0 Å². The minimum absolute atomic E-state index is 0.891. The molecule has 0 aliphatic carbocycles. The van der Waals surface area contributed by atoms with Gasteiger partial charge in [-0.3, -0.25) is 19.4 Å². The van der Waals surface area contributed by atoms with Crippen molar-refractivity contribution in [3.8, 4) is 0 Å². The first-order valence-corrected chi connectivity index (χ1v) is 13.0. The van der Waals surface area contributed by atoms with E-state index in [0.29, 0.717) is 0 Å². The molecule has 0 saturated carbocycles. The second-order valence-corrected chi connectivity index (χ2v) is 10.0. The van der Waals surface area contributed by atoms with Gasteiger partial charge in [-0.1, -0.05) is 30.3 Å². The van der Waals surface area contributed by atoms with Gasteiger partial charge < -0.3 is 25.2 Å². The van der Waals surface area contributed by atoms with Crippen LogP contribution in [0.4, 0.5) is 0 Å². The second kappa shape index (κ2) is 15.4. The summed E-state index contributed by atoms with van der Waals surface area (Å²) in [5.74, 6) is -5.02. The number of aliphatic hydroxyl groups is 1. The summed E-state index contributed by atoms with van der Waals surface area (Å²) in [5.41, 5.74) is 0.0850. The fraction of sp³-hybridized carbons (Fsp3) is 0.500. The van der Waals surface area contributed by atoms with Crippen LogP contribution in [0.5, 0.6) is 0 Å². The normalized spacial score (nSPS) is 14.1. The number of carboxylic acids is 3. The van der Waals surface area contributed by atoms with E-state index in [4.69, 9.17) is 25.2 Å². The zero-order valence-corrected chi connectivity index (χ0v) is 21.9. The predicted molar refractivity (Wildman–Crippen MR) is 139 cm³/mol. The standard InChI is InChI=1S/C20H28N2OS.C6H8O7/c1-18-8-15-24-20(18)17-22(16-19-6-3-2-4-7-19)10-5-9-21-11-13-23-14-12-21;7-3(8)1-6(13,5(11)12)2-4(9)10/h2-4,6-8,15H,5,9-14,16-17H2,1H3;13H,1-2H2,(H,7,8)(H,9,10)(H,11,12). The highest BCUT2D eigenvalue weighted by Gasteiger charge is 2.40. The van der Waals surface area contributed by atoms with Gasteiger partial charge in [0.25, 0.3) is 0 Å². The molecule has 1 aliphatic heterocycles. The molecule has 3 rings (SSSR count). The molecule has 0 atom stereocenters. The zero-order chi connectivity index (χ0) is 27.3. The maximum absolute atomic E-state index is 10.3. The molecule has 1 saturated heterocycles. The van der Waals surface area contributed by atoms with Crippen LogP contribution >= 0.6 is 11.3 Å². The third kappa shape index (κ3) is 11.4. The van der Waals surface area contributed by atoms with Crippen LogP contribution in [0.15, 0.2) is 41.8 Å². The number of aryl methyl sites for hydroxylation is 1. The molecule has 1 aromatic heterocycles. The maximum Gasteiger partial charge on any atom is 0.336 e. The zero-order valence-electron chi connectivity index (χ0n) is 21.0. The fourth-order valence-corrected chi connectivity index (χ4v) is 4.83. The Morgan fingerprint density at radius 1 is 1.00 bits per heavy atom. The van der Waals surface area contributed by atoms with Crippen LogP contribution in [-0.4, -0.2) is 93.1 Å². The van der Waals surface area contributed by atoms with Crippen molar-refractivity contribution in [1.82, 2.24) is 9.80 Å². The van der Waals surface area contributed by atoms with Gasteiger partial charge in [0.1, 0.15) is 0 Å². The van der Waals surface area contributed by atoms with Gasteiger partial charge in [0.15, 0.2) is 5.60 Å². The number of thiophene rings is 1. The van der Waals surface area contributed by atoms with Gasteiger partial charge in [-0.2, -0.15) is 0 Å². The molecule has 0 spiro atoms. The number of carbonyl (C=O) groups is 3. The summed E-state index contributed by atoms with van der Waals surface area (Å²) in [7, 11) is 0. The molecule has 1 aliphatic rings. The topological polar surface area (TPSA) is 148 Å². The highest BCUT2D eigenvalue weighted by Crippen LogP contribution is 2.19. The smallest absolute Gasteiger partial charge is 0.336 e. The maximum atomic E-state index is 10.3. The summed E-state index contributed by atoms with van der Waals surface area (Å²) in [4.78, 5) is 37.1. The summed E-state index contributed by atoms with van der Waals surface area (Å²) in [6, 6.07) is 13.1. The van der Waals surface area contributed by atoms with Gasteiger partial charge in [0.2, 0.25) is 0 Å². The van der Waals surface area contributed by atoms with E-state index in [1.807, 2.05) is 11.3 Å². The van der Waals surface area contributed by atoms with E-state index in [1.165, 1.54) is 29.0 Å². The lowest BCUT2D eigenvalue weighted by Gasteiger charge is -2.28. The molecule has 0 bridgehead atoms. The van der Waals surface area contributed by atoms with Crippen molar-refractivity contribution in [1.29, 1.82) is 0 Å². The molecule has 1 fully saturated rings. The highest BCUT2D eigenvalue weighted by atomic mass is 32.1. The fourth-order valence-electron chi connectivity index (χ4n) is 3.88. The van der Waals surface area contributed by atoms with Crippen LogP contribution < -0.4 is 0 Å². The van der Waals surface area contributed by atoms with Crippen molar-refractivity contribution in [3.63, 3.8) is 0 Å². The number of nitrogens with zero attached hydrogens (tertiary/aromatic N) is 2. The average Bonchev–Trinajstić information content (AvgIpc) is 3.24. The minimum Gasteiger partial charge on any atom is -0.481 e. The Morgan fingerprint density at radius 2 is 1.62 bits per heavy atom. The Balaban J connectivity index is 0.000000317. The third-order valence-electron chi connectivity index (χ3n) is 5.92. The largest absolute Gasteiger partial charge is 0.481 e. The molecule has 0 amide bonds. The van der Waals surface area contributed by atoms with Gasteiger partial charge in [-0.25, -0.2) is 4.79 Å². The van der Waals surface area contributed by atoms with Crippen LogP contribution in [0.2, 0.25) is 0 Å². The first-order valence-electron chi connectivity index (χ1n) is 12.1. The van der Waals surface area contributed by atoms with Gasteiger partial charge in [0.05, 0.1) is 26.1 Å². The van der Waals surface area contributed by atoms with Crippen molar-refractivity contribution < 1.29 is 39.5 Å². The Labute approximate surface area is 220 Å². The van der Waals surface area contributed by atoms with E-state index in [1.54, 1.807) is 0 Å². The van der Waals surface area contributed by atoms with E-state index in [-0.39, 0.29) is 0 Å². The van der Waals surface area contributed by atoms with Gasteiger partial charge >= 0.3 is 17.9 Å². The molecule has 2 heterocycles. The summed E-state index contributed by atoms with van der Waals surface area (Å²) in [6.07, 6.45) is -1.07. The van der Waals surface area contributed by atoms with Crippen LogP contribution in [0.3, 0.4) is 0 Å². The molecular weight excluding hydrogens is 500 g/mol. The Hall–Kier alpha value is -2.83. The molecular formula is C26H36N2O8S. The van der Waals surface area contributed by atoms with Crippen molar-refractivity contribution in [3.05, 3.63) is 57.8 Å². The van der Waals surface area contributed by atoms with Crippen LogP contribution in [-0.2, 0) is 32.2 Å². The first kappa shape index (κ1) is 30.4. The van der Waals surface area contributed by atoms with E-state index in [9.17, 15) is 14.4 Å². The average molecular weight is 537 g/mol. The number of hydrogen-bond donors (Lipinski definition) is 4. The third-order valence-corrected chi connectivity index (χ3v) is 6.93. The lowest BCUT2D eigenvalue weighted by Crippen LogP contribution is -2.42. The molecule has 2 aromatic rings. The molecule has 0 radical (unpaired) electrons. The van der Waals surface area contributed by atoms with Crippen molar-refractivity contribution in [2.24, 2.45) is 0 Å². The predicted octanol–water partition coefficient (Wildman–Crippen LogP) is 2.53. The number of ether oxygens (including phenoxy) is 1. The summed E-state index contributed by atoms with van der Waals surface area (Å²) in [6.45, 7) is 10.6. The Bertz CT molecular complexity index is 975. The number of morpholine rings is 1. The Morgan fingerprint density at radius 3 is 2.14 bits per heavy atom. The van der Waals surface area contributed by atoms with Gasteiger partial charge in [-0.05, 0) is 42.5 Å². The molecule has 11 heteroatoms. The van der Waals surface area contributed by atoms with Crippen LogP contribution in [0.1, 0.15) is 35.3 Å². The molecule has 204 valence electrons. The van der Waals surface area contributed by atoms with E-state index >= 15 is 0 Å². The summed E-state index contributed by atoms with van der Waals surface area (Å²) < 4.78 is 5.44. The van der Waals surface area contributed by atoms with Crippen molar-refractivity contribution >= 4 is 29.2 Å². The van der Waals surface area contributed by atoms with E-state index in [0.717, 1.165) is 45.9 Å². The SMILES string of the molecule is Cc1ccsc1CN(CCCN1CCOCC1)Cc1ccccc1.O=C(O)CC(O)(CC(=O)O)C(=O)O. The number of carboxylic acid groups (broad SMARTS) is 3. The monoisotopic (exact) mass is 536 g/mol.